The third kappa shape index (κ3) is 3.22. The van der Waals surface area contributed by atoms with Crippen LogP contribution in [0.3, 0.4) is 0 Å². The Hall–Kier alpha value is -2.44. The number of H-pyrrole nitrogens is 1. The van der Waals surface area contributed by atoms with Crippen molar-refractivity contribution in [1.29, 1.82) is 0 Å². The molecule has 8 rings (SSSR count). The Labute approximate surface area is 193 Å². The molecule has 1 saturated heterocycles. The summed E-state index contributed by atoms with van der Waals surface area (Å²) in [6.07, 6.45) is 7.12. The summed E-state index contributed by atoms with van der Waals surface area (Å²) < 4.78 is 19.3. The molecule has 0 spiro atoms. The minimum Gasteiger partial charge on any atom is -0.476 e. The number of fused-ring (bicyclic) bond motifs is 3. The van der Waals surface area contributed by atoms with Crippen molar-refractivity contribution >= 4 is 10.9 Å². The SMILES string of the molecule is FC1CCN(CCOc2ccc([C@@H]3c4[nH]c5ccccc5c4CCN3C34CC(C3)C4)cn2)C1. The predicted octanol–water partition coefficient (Wildman–Crippen LogP) is 4.49. The smallest absolute Gasteiger partial charge is 0.213 e. The van der Waals surface area contributed by atoms with E-state index in [4.69, 9.17) is 4.74 Å². The van der Waals surface area contributed by atoms with Crippen LogP contribution in [-0.2, 0) is 6.42 Å². The van der Waals surface area contributed by atoms with Crippen molar-refractivity contribution in [3.05, 3.63) is 59.4 Å². The molecular weight excluding hydrogens is 415 g/mol. The van der Waals surface area contributed by atoms with Gasteiger partial charge < -0.3 is 9.72 Å². The van der Waals surface area contributed by atoms with Gasteiger partial charge in [0, 0.05) is 60.6 Å². The fraction of sp³-hybridized carbons (Fsp3) is 0.519. The van der Waals surface area contributed by atoms with Crippen LogP contribution in [0.4, 0.5) is 4.39 Å². The van der Waals surface area contributed by atoms with Gasteiger partial charge in [0.1, 0.15) is 12.8 Å². The predicted molar refractivity (Wildman–Crippen MR) is 126 cm³/mol. The number of hydrogen-bond acceptors (Lipinski definition) is 4. The van der Waals surface area contributed by atoms with Crippen LogP contribution < -0.4 is 4.74 Å². The molecule has 4 heterocycles. The lowest BCUT2D eigenvalue weighted by Gasteiger charge is -2.68. The van der Waals surface area contributed by atoms with E-state index < -0.39 is 6.17 Å². The standard InChI is InChI=1S/C27H31FN4O/c28-20-7-9-31(17-20)11-12-33-24-6-5-19(16-29-24)26-25-22(21-3-1-2-4-23(21)30-25)8-10-32(26)27-13-18(14-27)15-27/h1-6,16,18,20,26,30H,7-15,17H2/t18?,20?,26-,27?/m1/s1. The molecule has 1 unspecified atom stereocenters. The lowest BCUT2D eigenvalue weighted by atomic mass is 9.48. The lowest BCUT2D eigenvalue weighted by molar-refractivity contribution is -0.158. The van der Waals surface area contributed by atoms with Gasteiger partial charge in [0.15, 0.2) is 0 Å². The summed E-state index contributed by atoms with van der Waals surface area (Å²) in [6, 6.07) is 13.1. The van der Waals surface area contributed by atoms with Gasteiger partial charge >= 0.3 is 0 Å². The van der Waals surface area contributed by atoms with Gasteiger partial charge in [-0.2, -0.15) is 0 Å². The van der Waals surface area contributed by atoms with Crippen LogP contribution in [0.5, 0.6) is 5.88 Å². The molecule has 33 heavy (non-hydrogen) atoms. The second-order valence-corrected chi connectivity index (χ2v) is 10.6. The largest absolute Gasteiger partial charge is 0.476 e. The number of nitrogens with one attached hydrogen (secondary N) is 1. The number of para-hydroxylation sites is 1. The van der Waals surface area contributed by atoms with Gasteiger partial charge in [-0.25, -0.2) is 9.37 Å². The molecule has 2 aromatic heterocycles. The van der Waals surface area contributed by atoms with Crippen molar-refractivity contribution < 1.29 is 9.13 Å². The monoisotopic (exact) mass is 446 g/mol. The third-order valence-electron chi connectivity index (χ3n) is 8.60. The summed E-state index contributed by atoms with van der Waals surface area (Å²) in [7, 11) is 0. The summed E-state index contributed by atoms with van der Waals surface area (Å²) in [6.45, 7) is 3.76. The van der Waals surface area contributed by atoms with Crippen molar-refractivity contribution in [2.24, 2.45) is 5.92 Å². The van der Waals surface area contributed by atoms with Gasteiger partial charge in [0.25, 0.3) is 0 Å². The molecule has 6 heteroatoms. The average Bonchev–Trinajstić information content (AvgIpc) is 3.35. The number of halogens is 1. The van der Waals surface area contributed by atoms with Gasteiger partial charge in [-0.05, 0) is 55.2 Å². The fourth-order valence-corrected chi connectivity index (χ4v) is 6.79. The maximum atomic E-state index is 13.4. The van der Waals surface area contributed by atoms with E-state index in [1.807, 2.05) is 12.3 Å². The highest BCUT2D eigenvalue weighted by Crippen LogP contribution is 2.63. The van der Waals surface area contributed by atoms with Gasteiger partial charge in [-0.15, -0.1) is 0 Å². The minimum absolute atomic E-state index is 0.218. The molecule has 2 atom stereocenters. The Morgan fingerprint density at radius 1 is 1.12 bits per heavy atom. The highest BCUT2D eigenvalue weighted by Gasteiger charge is 2.61. The van der Waals surface area contributed by atoms with Crippen molar-refractivity contribution in [2.75, 3.05) is 32.8 Å². The summed E-state index contributed by atoms with van der Waals surface area (Å²) in [5, 5.41) is 1.36. The average molecular weight is 447 g/mol. The molecule has 2 aliphatic heterocycles. The number of hydrogen-bond donors (Lipinski definition) is 1. The molecule has 0 amide bonds. The van der Waals surface area contributed by atoms with E-state index in [0.29, 0.717) is 31.0 Å². The maximum Gasteiger partial charge on any atom is 0.213 e. The summed E-state index contributed by atoms with van der Waals surface area (Å²) in [5.74, 6) is 1.60. The van der Waals surface area contributed by atoms with Crippen LogP contribution >= 0.6 is 0 Å². The molecular formula is C27H31FN4O. The first kappa shape index (κ1) is 20.0. The van der Waals surface area contributed by atoms with Gasteiger partial charge in [-0.3, -0.25) is 9.80 Å². The molecule has 0 radical (unpaired) electrons. The summed E-state index contributed by atoms with van der Waals surface area (Å²) >= 11 is 0. The Balaban J connectivity index is 1.15. The Morgan fingerprint density at radius 3 is 2.73 bits per heavy atom. The van der Waals surface area contributed by atoms with Gasteiger partial charge in [0.05, 0.1) is 6.04 Å². The maximum absolute atomic E-state index is 13.4. The number of nitrogens with zero attached hydrogens (tertiary/aromatic N) is 3. The van der Waals surface area contributed by atoms with E-state index in [9.17, 15) is 4.39 Å². The molecule has 2 bridgehead atoms. The first-order valence-electron chi connectivity index (χ1n) is 12.5. The number of pyridine rings is 1. The Bertz CT molecular complexity index is 1160. The van der Waals surface area contributed by atoms with Crippen LogP contribution in [0.15, 0.2) is 42.6 Å². The second kappa shape index (κ2) is 7.54. The Kier molecular flexibility index (Phi) is 4.56. The van der Waals surface area contributed by atoms with Gasteiger partial charge in [0.2, 0.25) is 5.88 Å². The molecule has 3 aromatic rings. The van der Waals surface area contributed by atoms with Crippen LogP contribution in [0.1, 0.15) is 48.5 Å². The van der Waals surface area contributed by atoms with E-state index >= 15 is 0 Å². The van der Waals surface area contributed by atoms with E-state index in [1.165, 1.54) is 47.0 Å². The van der Waals surface area contributed by atoms with E-state index in [1.54, 1.807) is 0 Å². The molecule has 3 aliphatic carbocycles. The van der Waals surface area contributed by atoms with Crippen molar-refractivity contribution in [3.63, 3.8) is 0 Å². The zero-order valence-electron chi connectivity index (χ0n) is 19.0. The number of ether oxygens (including phenoxy) is 1. The number of aromatic amines is 1. The molecule has 1 aromatic carbocycles. The molecule has 5 nitrogen and oxygen atoms in total. The molecule has 172 valence electrons. The first-order valence-corrected chi connectivity index (χ1v) is 12.5. The number of alkyl halides is 1. The molecule has 4 fully saturated rings. The van der Waals surface area contributed by atoms with Crippen LogP contribution in [-0.4, -0.2) is 64.3 Å². The highest BCUT2D eigenvalue weighted by molar-refractivity contribution is 5.85. The number of benzene rings is 1. The van der Waals surface area contributed by atoms with Crippen LogP contribution in [0.25, 0.3) is 10.9 Å². The zero-order valence-corrected chi connectivity index (χ0v) is 19.0. The van der Waals surface area contributed by atoms with Crippen LogP contribution in [0, 0.1) is 5.92 Å². The third-order valence-corrected chi connectivity index (χ3v) is 8.60. The van der Waals surface area contributed by atoms with Crippen molar-refractivity contribution in [1.82, 2.24) is 19.8 Å². The van der Waals surface area contributed by atoms with Gasteiger partial charge in [-0.1, -0.05) is 24.3 Å². The quantitative estimate of drug-likeness (QED) is 0.606. The molecule has 1 N–H and O–H groups in total. The normalized spacial score (nSPS) is 31.2. The minimum atomic E-state index is -0.684. The zero-order chi connectivity index (χ0) is 22.0. The molecule has 3 saturated carbocycles. The molecule has 5 aliphatic rings. The van der Waals surface area contributed by atoms with Crippen molar-refractivity contribution in [3.8, 4) is 5.88 Å². The summed E-state index contributed by atoms with van der Waals surface area (Å²) in [5.41, 5.74) is 5.67. The lowest BCUT2D eigenvalue weighted by Crippen LogP contribution is -2.69. The fourth-order valence-electron chi connectivity index (χ4n) is 6.79. The topological polar surface area (TPSA) is 44.4 Å². The van der Waals surface area contributed by atoms with E-state index in [0.717, 1.165) is 32.0 Å². The Morgan fingerprint density at radius 2 is 2.00 bits per heavy atom. The van der Waals surface area contributed by atoms with Crippen LogP contribution in [0.2, 0.25) is 0 Å². The van der Waals surface area contributed by atoms with E-state index in [-0.39, 0.29) is 6.04 Å². The highest BCUT2D eigenvalue weighted by atomic mass is 19.1. The number of aromatic nitrogens is 2. The summed E-state index contributed by atoms with van der Waals surface area (Å²) in [4.78, 5) is 13.3. The van der Waals surface area contributed by atoms with E-state index in [2.05, 4.69) is 50.1 Å². The second-order valence-electron chi connectivity index (χ2n) is 10.6. The van der Waals surface area contributed by atoms with Crippen molar-refractivity contribution in [2.45, 2.75) is 49.9 Å². The number of rotatable bonds is 6. The number of likely N-dealkylation sites (tertiary alicyclic amines) is 1. The first-order chi connectivity index (χ1) is 16.2.